The smallest absolute Gasteiger partial charge is 0.239 e. The lowest BCUT2D eigenvalue weighted by atomic mass is 10.1. The summed E-state index contributed by atoms with van der Waals surface area (Å²) in [6.45, 7) is 2.31. The molecule has 2 amide bonds. The molecule has 5 heteroatoms. The molecular weight excluding hydrogens is 232 g/mol. The van der Waals surface area contributed by atoms with E-state index in [0.717, 1.165) is 0 Å². The average molecular weight is 250 g/mol. The minimum Gasteiger partial charge on any atom is -0.508 e. The zero-order valence-corrected chi connectivity index (χ0v) is 10.6. The summed E-state index contributed by atoms with van der Waals surface area (Å²) in [7, 11) is 1.53. The van der Waals surface area contributed by atoms with Crippen LogP contribution in [0.2, 0.25) is 0 Å². The van der Waals surface area contributed by atoms with Crippen LogP contribution in [-0.2, 0) is 16.0 Å². The average Bonchev–Trinajstić information content (AvgIpc) is 2.38. The van der Waals surface area contributed by atoms with Crippen molar-refractivity contribution in [1.29, 1.82) is 0 Å². The van der Waals surface area contributed by atoms with Crippen LogP contribution in [0, 0.1) is 0 Å². The van der Waals surface area contributed by atoms with Crippen LogP contribution in [0.15, 0.2) is 24.3 Å². The Balaban J connectivity index is 2.68. The van der Waals surface area contributed by atoms with Crippen LogP contribution in [0.25, 0.3) is 0 Å². The van der Waals surface area contributed by atoms with Crippen LogP contribution in [0.3, 0.4) is 0 Å². The van der Waals surface area contributed by atoms with Crippen molar-refractivity contribution in [2.24, 2.45) is 0 Å². The molecule has 0 aliphatic heterocycles. The van der Waals surface area contributed by atoms with Crippen LogP contribution in [-0.4, -0.2) is 42.0 Å². The van der Waals surface area contributed by atoms with E-state index in [-0.39, 0.29) is 30.5 Å². The molecule has 0 unspecified atom stereocenters. The SMILES string of the molecule is CCN(CC(=O)NC)C(=O)Cc1ccccc1O. The molecule has 2 N–H and O–H groups in total. The van der Waals surface area contributed by atoms with Crippen LogP contribution >= 0.6 is 0 Å². The third-order valence-corrected chi connectivity index (χ3v) is 2.68. The highest BCUT2D eigenvalue weighted by Crippen LogP contribution is 2.16. The third kappa shape index (κ3) is 3.76. The first kappa shape index (κ1) is 14.0. The molecule has 0 aliphatic rings. The number of phenols is 1. The van der Waals surface area contributed by atoms with Gasteiger partial charge in [-0.3, -0.25) is 9.59 Å². The molecule has 0 bridgehead atoms. The molecule has 0 saturated carbocycles. The van der Waals surface area contributed by atoms with Gasteiger partial charge in [0.05, 0.1) is 13.0 Å². The van der Waals surface area contributed by atoms with Crippen molar-refractivity contribution < 1.29 is 14.7 Å². The molecular formula is C13H18N2O3. The standard InChI is InChI=1S/C13H18N2O3/c1-3-15(9-12(17)14-2)13(18)8-10-6-4-5-7-11(10)16/h4-7,16H,3,8-9H2,1-2H3,(H,14,17). The van der Waals surface area contributed by atoms with Gasteiger partial charge in [-0.25, -0.2) is 0 Å². The van der Waals surface area contributed by atoms with Crippen molar-refractivity contribution >= 4 is 11.8 Å². The van der Waals surface area contributed by atoms with E-state index >= 15 is 0 Å². The zero-order chi connectivity index (χ0) is 13.5. The molecule has 0 atom stereocenters. The lowest BCUT2D eigenvalue weighted by molar-refractivity contribution is -0.135. The summed E-state index contributed by atoms with van der Waals surface area (Å²) < 4.78 is 0. The molecule has 1 aromatic carbocycles. The van der Waals surface area contributed by atoms with Crippen molar-refractivity contribution in [3.63, 3.8) is 0 Å². The first-order valence-corrected chi connectivity index (χ1v) is 5.83. The molecule has 0 aromatic heterocycles. The topological polar surface area (TPSA) is 69.6 Å². The number of nitrogens with zero attached hydrogens (tertiary/aromatic N) is 1. The Labute approximate surface area is 106 Å². The van der Waals surface area contributed by atoms with Gasteiger partial charge in [-0.1, -0.05) is 18.2 Å². The molecule has 5 nitrogen and oxygen atoms in total. The van der Waals surface area contributed by atoms with Gasteiger partial charge in [0.2, 0.25) is 11.8 Å². The fraction of sp³-hybridized carbons (Fsp3) is 0.385. The molecule has 18 heavy (non-hydrogen) atoms. The predicted octanol–water partition coefficient (Wildman–Crippen LogP) is 0.529. The fourth-order valence-corrected chi connectivity index (χ4v) is 1.56. The molecule has 1 rings (SSSR count). The number of amides is 2. The number of para-hydroxylation sites is 1. The molecule has 0 fully saturated rings. The number of phenolic OH excluding ortho intramolecular Hbond substituents is 1. The summed E-state index contributed by atoms with van der Waals surface area (Å²) in [5.74, 6) is -0.285. The van der Waals surface area contributed by atoms with Crippen molar-refractivity contribution in [1.82, 2.24) is 10.2 Å². The highest BCUT2D eigenvalue weighted by Gasteiger charge is 2.16. The zero-order valence-electron chi connectivity index (χ0n) is 10.6. The van der Waals surface area contributed by atoms with E-state index in [1.807, 2.05) is 6.92 Å². The van der Waals surface area contributed by atoms with Gasteiger partial charge in [0.1, 0.15) is 5.75 Å². The Morgan fingerprint density at radius 2 is 2.00 bits per heavy atom. The maximum absolute atomic E-state index is 12.0. The van der Waals surface area contributed by atoms with Crippen LogP contribution < -0.4 is 5.32 Å². The van der Waals surface area contributed by atoms with Gasteiger partial charge in [-0.2, -0.15) is 0 Å². The Bertz CT molecular complexity index is 432. The summed E-state index contributed by atoms with van der Waals surface area (Å²) >= 11 is 0. The van der Waals surface area contributed by atoms with Crippen LogP contribution in [0.1, 0.15) is 12.5 Å². The van der Waals surface area contributed by atoms with Crippen molar-refractivity contribution in [3.05, 3.63) is 29.8 Å². The van der Waals surface area contributed by atoms with Crippen LogP contribution in [0.5, 0.6) is 5.75 Å². The van der Waals surface area contributed by atoms with Gasteiger partial charge in [0.15, 0.2) is 0 Å². The lowest BCUT2D eigenvalue weighted by Crippen LogP contribution is -2.40. The van der Waals surface area contributed by atoms with E-state index in [2.05, 4.69) is 5.32 Å². The van der Waals surface area contributed by atoms with Gasteiger partial charge in [0.25, 0.3) is 0 Å². The van der Waals surface area contributed by atoms with Gasteiger partial charge < -0.3 is 15.3 Å². The number of benzene rings is 1. The van der Waals surface area contributed by atoms with E-state index in [9.17, 15) is 14.7 Å². The summed E-state index contributed by atoms with van der Waals surface area (Å²) in [6, 6.07) is 6.70. The van der Waals surface area contributed by atoms with Crippen LogP contribution in [0.4, 0.5) is 0 Å². The van der Waals surface area contributed by atoms with Crippen molar-refractivity contribution in [2.75, 3.05) is 20.1 Å². The quantitative estimate of drug-likeness (QED) is 0.801. The Morgan fingerprint density at radius 1 is 1.33 bits per heavy atom. The third-order valence-electron chi connectivity index (χ3n) is 2.68. The number of rotatable bonds is 5. The second-order valence-corrected chi connectivity index (χ2v) is 3.89. The van der Waals surface area contributed by atoms with E-state index in [1.54, 1.807) is 18.2 Å². The maximum Gasteiger partial charge on any atom is 0.239 e. The van der Waals surface area contributed by atoms with E-state index in [1.165, 1.54) is 18.0 Å². The number of nitrogens with one attached hydrogen (secondary N) is 1. The second-order valence-electron chi connectivity index (χ2n) is 3.89. The number of hydrogen-bond acceptors (Lipinski definition) is 3. The summed E-state index contributed by atoms with van der Waals surface area (Å²) in [5.41, 5.74) is 0.567. The Morgan fingerprint density at radius 3 is 2.56 bits per heavy atom. The van der Waals surface area contributed by atoms with Crippen molar-refractivity contribution in [3.8, 4) is 5.75 Å². The normalized spacial score (nSPS) is 9.89. The molecule has 0 spiro atoms. The maximum atomic E-state index is 12.0. The lowest BCUT2D eigenvalue weighted by Gasteiger charge is -2.20. The second kappa shape index (κ2) is 6.64. The molecule has 0 heterocycles. The van der Waals surface area contributed by atoms with Gasteiger partial charge in [0, 0.05) is 19.2 Å². The summed E-state index contributed by atoms with van der Waals surface area (Å²) in [6.07, 6.45) is 0.0947. The van der Waals surface area contributed by atoms with E-state index in [0.29, 0.717) is 12.1 Å². The van der Waals surface area contributed by atoms with Gasteiger partial charge in [-0.05, 0) is 13.0 Å². The van der Waals surface area contributed by atoms with Gasteiger partial charge >= 0.3 is 0 Å². The Hall–Kier alpha value is -2.04. The number of carbonyl (C=O) groups excluding carboxylic acids is 2. The highest BCUT2D eigenvalue weighted by atomic mass is 16.3. The highest BCUT2D eigenvalue weighted by molar-refractivity contribution is 5.85. The minimum absolute atomic E-state index is 0.0411. The first-order chi connectivity index (χ1) is 8.58. The molecule has 1 aromatic rings. The Kier molecular flexibility index (Phi) is 5.17. The summed E-state index contributed by atoms with van der Waals surface area (Å²) in [4.78, 5) is 24.7. The largest absolute Gasteiger partial charge is 0.508 e. The molecule has 0 radical (unpaired) electrons. The van der Waals surface area contributed by atoms with E-state index < -0.39 is 0 Å². The summed E-state index contributed by atoms with van der Waals surface area (Å²) in [5, 5.41) is 12.1. The fourth-order valence-electron chi connectivity index (χ4n) is 1.56. The number of hydrogen-bond donors (Lipinski definition) is 2. The molecule has 0 aliphatic carbocycles. The van der Waals surface area contributed by atoms with E-state index in [4.69, 9.17) is 0 Å². The van der Waals surface area contributed by atoms with Crippen molar-refractivity contribution in [2.45, 2.75) is 13.3 Å². The monoisotopic (exact) mass is 250 g/mol. The number of likely N-dealkylation sites (N-methyl/N-ethyl adjacent to an activating group) is 2. The predicted molar refractivity (Wildman–Crippen MR) is 68.1 cm³/mol. The number of aromatic hydroxyl groups is 1. The molecule has 98 valence electrons. The number of carbonyl (C=O) groups is 2. The first-order valence-electron chi connectivity index (χ1n) is 5.83. The minimum atomic E-state index is -0.206. The van der Waals surface area contributed by atoms with Gasteiger partial charge in [-0.15, -0.1) is 0 Å². The molecule has 0 saturated heterocycles.